The molecular weight excluding hydrogens is 318 g/mol. The largest absolute Gasteiger partial charge is 0.367 e. The number of aromatic amines is 1. The fourth-order valence-corrected chi connectivity index (χ4v) is 2.47. The molecule has 0 fully saturated rings. The monoisotopic (exact) mass is 337 g/mol. The Morgan fingerprint density at radius 2 is 2.00 bits per heavy atom. The van der Waals surface area contributed by atoms with Gasteiger partial charge in [-0.2, -0.15) is 5.10 Å². The molecule has 0 aliphatic rings. The van der Waals surface area contributed by atoms with E-state index in [2.05, 4.69) is 25.5 Å². The Hall–Kier alpha value is -3.06. The van der Waals surface area contributed by atoms with Crippen LogP contribution in [-0.4, -0.2) is 33.2 Å². The number of ether oxygens (including phenoxy) is 1. The molecule has 0 bridgehead atoms. The fourth-order valence-electron chi connectivity index (χ4n) is 2.47. The average Bonchev–Trinajstić information content (AvgIpc) is 3.14. The van der Waals surface area contributed by atoms with Crippen molar-refractivity contribution in [1.82, 2.24) is 25.5 Å². The minimum Gasteiger partial charge on any atom is -0.367 e. The summed E-state index contributed by atoms with van der Waals surface area (Å²) in [5.74, 6) is 0.867. The molecule has 0 spiro atoms. The van der Waals surface area contributed by atoms with E-state index in [0.29, 0.717) is 11.6 Å². The van der Waals surface area contributed by atoms with E-state index in [-0.39, 0.29) is 11.9 Å². The predicted molar refractivity (Wildman–Crippen MR) is 92.4 cm³/mol. The average molecular weight is 337 g/mol. The van der Waals surface area contributed by atoms with Crippen molar-refractivity contribution in [2.24, 2.45) is 0 Å². The van der Waals surface area contributed by atoms with E-state index in [0.717, 1.165) is 11.1 Å². The SMILES string of the molecule is COC(C(=O)NC(C)c1nc(-c2cccnc2)n[nH]1)c1ccccc1. The summed E-state index contributed by atoms with van der Waals surface area (Å²) in [6.45, 7) is 1.84. The van der Waals surface area contributed by atoms with E-state index in [1.807, 2.05) is 49.4 Å². The zero-order valence-corrected chi connectivity index (χ0v) is 14.0. The lowest BCUT2D eigenvalue weighted by Crippen LogP contribution is -2.33. The van der Waals surface area contributed by atoms with Gasteiger partial charge in [0.05, 0.1) is 6.04 Å². The van der Waals surface area contributed by atoms with E-state index >= 15 is 0 Å². The van der Waals surface area contributed by atoms with Crippen LogP contribution in [0.2, 0.25) is 0 Å². The summed E-state index contributed by atoms with van der Waals surface area (Å²) < 4.78 is 5.34. The van der Waals surface area contributed by atoms with Crippen molar-refractivity contribution in [3.63, 3.8) is 0 Å². The van der Waals surface area contributed by atoms with Crippen LogP contribution in [0.3, 0.4) is 0 Å². The lowest BCUT2D eigenvalue weighted by atomic mass is 10.1. The van der Waals surface area contributed by atoms with Gasteiger partial charge in [0.1, 0.15) is 5.82 Å². The van der Waals surface area contributed by atoms with Gasteiger partial charge in [-0.15, -0.1) is 0 Å². The number of pyridine rings is 1. The molecule has 128 valence electrons. The van der Waals surface area contributed by atoms with Gasteiger partial charge in [-0.05, 0) is 24.6 Å². The van der Waals surface area contributed by atoms with Gasteiger partial charge in [-0.25, -0.2) is 4.98 Å². The maximum atomic E-state index is 12.5. The second-order valence-corrected chi connectivity index (χ2v) is 5.54. The summed E-state index contributed by atoms with van der Waals surface area (Å²) in [7, 11) is 1.51. The molecule has 0 saturated carbocycles. The second-order valence-electron chi connectivity index (χ2n) is 5.54. The molecule has 2 heterocycles. The third-order valence-electron chi connectivity index (χ3n) is 3.77. The molecule has 3 aromatic rings. The number of nitrogens with one attached hydrogen (secondary N) is 2. The van der Waals surface area contributed by atoms with Gasteiger partial charge in [0.15, 0.2) is 11.9 Å². The van der Waals surface area contributed by atoms with Gasteiger partial charge in [0.25, 0.3) is 5.91 Å². The van der Waals surface area contributed by atoms with Crippen molar-refractivity contribution in [3.05, 3.63) is 66.2 Å². The number of amides is 1. The van der Waals surface area contributed by atoms with Crippen molar-refractivity contribution in [2.45, 2.75) is 19.1 Å². The van der Waals surface area contributed by atoms with Crippen LogP contribution in [-0.2, 0) is 9.53 Å². The number of hydrogen-bond acceptors (Lipinski definition) is 5. The maximum Gasteiger partial charge on any atom is 0.254 e. The van der Waals surface area contributed by atoms with E-state index < -0.39 is 6.10 Å². The highest BCUT2D eigenvalue weighted by Crippen LogP contribution is 2.19. The molecule has 1 aromatic carbocycles. The third-order valence-corrected chi connectivity index (χ3v) is 3.77. The number of carbonyl (C=O) groups is 1. The first-order valence-corrected chi connectivity index (χ1v) is 7.90. The van der Waals surface area contributed by atoms with E-state index in [9.17, 15) is 4.79 Å². The maximum absolute atomic E-state index is 12.5. The zero-order chi connectivity index (χ0) is 17.6. The minimum atomic E-state index is -0.677. The normalized spacial score (nSPS) is 13.2. The Bertz CT molecular complexity index is 820. The number of aromatic nitrogens is 4. The summed E-state index contributed by atoms with van der Waals surface area (Å²) in [5.41, 5.74) is 1.60. The van der Waals surface area contributed by atoms with Crippen LogP contribution in [0.1, 0.15) is 30.5 Å². The van der Waals surface area contributed by atoms with E-state index in [1.165, 1.54) is 7.11 Å². The van der Waals surface area contributed by atoms with Crippen LogP contribution < -0.4 is 5.32 Å². The molecule has 7 heteroatoms. The molecule has 0 aliphatic carbocycles. The molecule has 7 nitrogen and oxygen atoms in total. The second kappa shape index (κ2) is 7.67. The standard InChI is InChI=1S/C18H19N5O2/c1-12(16-21-17(23-22-16)14-9-6-10-19-11-14)20-18(24)15(25-2)13-7-4-3-5-8-13/h3-12,15H,1-2H3,(H,20,24)(H,21,22,23). The van der Waals surface area contributed by atoms with Crippen molar-refractivity contribution in [3.8, 4) is 11.4 Å². The Balaban J connectivity index is 1.70. The molecule has 0 saturated heterocycles. The summed E-state index contributed by atoms with van der Waals surface area (Å²) in [4.78, 5) is 21.0. The first kappa shape index (κ1) is 16.8. The van der Waals surface area contributed by atoms with Gasteiger partial charge >= 0.3 is 0 Å². The quantitative estimate of drug-likeness (QED) is 0.720. The van der Waals surface area contributed by atoms with Crippen LogP contribution in [0.5, 0.6) is 0 Å². The number of H-pyrrole nitrogens is 1. The Labute approximate surface area is 145 Å². The first-order valence-electron chi connectivity index (χ1n) is 7.90. The Morgan fingerprint density at radius 1 is 1.20 bits per heavy atom. The van der Waals surface area contributed by atoms with Crippen LogP contribution in [0, 0.1) is 0 Å². The number of nitrogens with zero attached hydrogens (tertiary/aromatic N) is 3. The molecular formula is C18H19N5O2. The predicted octanol–water partition coefficient (Wildman–Crippen LogP) is 2.43. The summed E-state index contributed by atoms with van der Waals surface area (Å²) in [6, 6.07) is 12.7. The highest BCUT2D eigenvalue weighted by molar-refractivity contribution is 5.82. The third kappa shape index (κ3) is 3.89. The summed E-state index contributed by atoms with van der Waals surface area (Å²) in [6.07, 6.45) is 2.70. The summed E-state index contributed by atoms with van der Waals surface area (Å²) >= 11 is 0. The molecule has 25 heavy (non-hydrogen) atoms. The van der Waals surface area contributed by atoms with E-state index in [1.54, 1.807) is 12.4 Å². The summed E-state index contributed by atoms with van der Waals surface area (Å²) in [5, 5.41) is 9.94. The van der Waals surface area contributed by atoms with E-state index in [4.69, 9.17) is 4.74 Å². The molecule has 2 unspecified atom stereocenters. The van der Waals surface area contributed by atoms with Crippen molar-refractivity contribution in [1.29, 1.82) is 0 Å². The van der Waals surface area contributed by atoms with Crippen LogP contribution in [0.25, 0.3) is 11.4 Å². The number of carbonyl (C=O) groups excluding carboxylic acids is 1. The van der Waals surface area contributed by atoms with Gasteiger partial charge in [-0.3, -0.25) is 14.9 Å². The van der Waals surface area contributed by atoms with Gasteiger partial charge in [0.2, 0.25) is 0 Å². The van der Waals surface area contributed by atoms with Gasteiger partial charge < -0.3 is 10.1 Å². The van der Waals surface area contributed by atoms with Gasteiger partial charge in [0, 0.05) is 25.1 Å². The minimum absolute atomic E-state index is 0.236. The number of hydrogen-bond donors (Lipinski definition) is 2. The first-order chi connectivity index (χ1) is 12.2. The molecule has 0 radical (unpaired) electrons. The van der Waals surface area contributed by atoms with Crippen molar-refractivity contribution >= 4 is 5.91 Å². The lowest BCUT2D eigenvalue weighted by Gasteiger charge is -2.18. The highest BCUT2D eigenvalue weighted by atomic mass is 16.5. The number of methoxy groups -OCH3 is 1. The molecule has 2 N–H and O–H groups in total. The molecule has 1 amide bonds. The van der Waals surface area contributed by atoms with Gasteiger partial charge in [-0.1, -0.05) is 30.3 Å². The van der Waals surface area contributed by atoms with Crippen LogP contribution >= 0.6 is 0 Å². The van der Waals surface area contributed by atoms with Crippen LogP contribution in [0.15, 0.2) is 54.9 Å². The van der Waals surface area contributed by atoms with Crippen molar-refractivity contribution < 1.29 is 9.53 Å². The smallest absolute Gasteiger partial charge is 0.254 e. The highest BCUT2D eigenvalue weighted by Gasteiger charge is 2.23. The fraction of sp³-hybridized carbons (Fsp3) is 0.222. The molecule has 2 aromatic heterocycles. The zero-order valence-electron chi connectivity index (χ0n) is 14.0. The molecule has 0 aliphatic heterocycles. The Kier molecular flexibility index (Phi) is 5.15. The number of benzene rings is 1. The molecule has 3 rings (SSSR count). The lowest BCUT2D eigenvalue weighted by molar-refractivity contribution is -0.132. The Morgan fingerprint density at radius 3 is 2.68 bits per heavy atom. The van der Waals surface area contributed by atoms with Crippen LogP contribution in [0.4, 0.5) is 0 Å². The topological polar surface area (TPSA) is 92.8 Å². The molecule has 2 atom stereocenters. The number of rotatable bonds is 6. The van der Waals surface area contributed by atoms with Crippen molar-refractivity contribution in [2.75, 3.05) is 7.11 Å².